The molecule has 1 N–H and O–H groups in total. The van der Waals surface area contributed by atoms with Crippen molar-refractivity contribution in [2.75, 3.05) is 6.54 Å². The van der Waals surface area contributed by atoms with Gasteiger partial charge < -0.3 is 10.0 Å². The third-order valence-corrected chi connectivity index (χ3v) is 3.92. The monoisotopic (exact) mass is 284 g/mol. The van der Waals surface area contributed by atoms with Gasteiger partial charge in [-0.05, 0) is 31.0 Å². The molecule has 0 spiro atoms. The lowest BCUT2D eigenvalue weighted by atomic mass is 10.1. The third-order valence-electron chi connectivity index (χ3n) is 3.92. The highest BCUT2D eigenvalue weighted by Crippen LogP contribution is 2.25. The Morgan fingerprint density at radius 1 is 1.29 bits per heavy atom. The Labute approximate surface area is 122 Å². The Hall–Kier alpha value is -2.43. The number of benzene rings is 1. The number of aromatic nitrogens is 1. The van der Waals surface area contributed by atoms with Crippen LogP contribution in [0.15, 0.2) is 36.5 Å². The van der Waals surface area contributed by atoms with Crippen molar-refractivity contribution in [3.63, 3.8) is 0 Å². The Balaban J connectivity index is 1.95. The Kier molecular flexibility index (Phi) is 3.56. The summed E-state index contributed by atoms with van der Waals surface area (Å²) in [6.07, 6.45) is 3.31. The molecule has 0 saturated carbocycles. The molecule has 1 aliphatic rings. The molecule has 0 bridgehead atoms. The smallest absolute Gasteiger partial charge is 0.305 e. The zero-order chi connectivity index (χ0) is 14.8. The fraction of sp³-hybridized carbons (Fsp3) is 0.312. The number of carbonyl (C=O) groups excluding carboxylic acids is 1. The van der Waals surface area contributed by atoms with E-state index in [4.69, 9.17) is 5.11 Å². The van der Waals surface area contributed by atoms with Gasteiger partial charge in [0, 0.05) is 29.7 Å². The molecule has 21 heavy (non-hydrogen) atoms. The molecule has 1 fully saturated rings. The van der Waals surface area contributed by atoms with Gasteiger partial charge in [-0.1, -0.05) is 12.1 Å². The van der Waals surface area contributed by atoms with Crippen LogP contribution in [0.5, 0.6) is 0 Å². The van der Waals surface area contributed by atoms with Gasteiger partial charge in [0.25, 0.3) is 5.91 Å². The van der Waals surface area contributed by atoms with Crippen molar-refractivity contribution in [1.29, 1.82) is 0 Å². The first-order valence-corrected chi connectivity index (χ1v) is 7.03. The molecular formula is C16H16N2O3. The van der Waals surface area contributed by atoms with Gasteiger partial charge in [0.2, 0.25) is 0 Å². The lowest BCUT2D eigenvalue weighted by Gasteiger charge is -2.24. The maximum absolute atomic E-state index is 12.8. The summed E-state index contributed by atoms with van der Waals surface area (Å²) in [6.45, 7) is 0.618. The lowest BCUT2D eigenvalue weighted by Crippen LogP contribution is -2.36. The van der Waals surface area contributed by atoms with E-state index in [2.05, 4.69) is 4.98 Å². The lowest BCUT2D eigenvalue weighted by molar-refractivity contribution is -0.137. The van der Waals surface area contributed by atoms with Crippen molar-refractivity contribution in [3.05, 3.63) is 42.1 Å². The van der Waals surface area contributed by atoms with Gasteiger partial charge in [-0.15, -0.1) is 0 Å². The van der Waals surface area contributed by atoms with Gasteiger partial charge in [0.1, 0.15) is 0 Å². The van der Waals surface area contributed by atoms with Gasteiger partial charge in [-0.25, -0.2) is 0 Å². The molecule has 1 atom stereocenters. The highest BCUT2D eigenvalue weighted by atomic mass is 16.4. The van der Waals surface area contributed by atoms with Crippen LogP contribution in [-0.4, -0.2) is 39.5 Å². The summed E-state index contributed by atoms with van der Waals surface area (Å²) in [4.78, 5) is 29.6. The van der Waals surface area contributed by atoms with Crippen LogP contribution in [0.2, 0.25) is 0 Å². The van der Waals surface area contributed by atoms with E-state index in [1.807, 2.05) is 18.2 Å². The number of likely N-dealkylation sites (tertiary alicyclic amines) is 1. The molecule has 5 heteroatoms. The van der Waals surface area contributed by atoms with E-state index >= 15 is 0 Å². The number of aliphatic carboxylic acids is 1. The standard InChI is InChI=1S/C16H16N2O3/c19-15(20)10-11-4-3-9-18(11)16(21)13-5-1-7-14-12(13)6-2-8-17-14/h1-2,5-8,11H,3-4,9-10H2,(H,19,20). The maximum Gasteiger partial charge on any atom is 0.305 e. The van der Waals surface area contributed by atoms with E-state index in [1.165, 1.54) is 0 Å². The van der Waals surface area contributed by atoms with Crippen LogP contribution in [0.25, 0.3) is 10.9 Å². The summed E-state index contributed by atoms with van der Waals surface area (Å²) in [5.74, 6) is -0.961. The molecule has 1 aromatic heterocycles. The summed E-state index contributed by atoms with van der Waals surface area (Å²) in [5.41, 5.74) is 1.37. The minimum atomic E-state index is -0.862. The zero-order valence-electron chi connectivity index (χ0n) is 11.5. The number of carboxylic acid groups (broad SMARTS) is 1. The Morgan fingerprint density at radius 2 is 2.14 bits per heavy atom. The molecule has 108 valence electrons. The molecule has 1 saturated heterocycles. The molecule has 0 aliphatic carbocycles. The molecule has 1 amide bonds. The molecular weight excluding hydrogens is 268 g/mol. The minimum Gasteiger partial charge on any atom is -0.481 e. The molecule has 1 aliphatic heterocycles. The topological polar surface area (TPSA) is 70.5 Å². The number of hydrogen-bond donors (Lipinski definition) is 1. The van der Waals surface area contributed by atoms with Crippen LogP contribution >= 0.6 is 0 Å². The van der Waals surface area contributed by atoms with Crippen molar-refractivity contribution in [2.45, 2.75) is 25.3 Å². The number of hydrogen-bond acceptors (Lipinski definition) is 3. The maximum atomic E-state index is 12.8. The van der Waals surface area contributed by atoms with Gasteiger partial charge >= 0.3 is 5.97 Å². The van der Waals surface area contributed by atoms with E-state index in [9.17, 15) is 9.59 Å². The summed E-state index contributed by atoms with van der Waals surface area (Å²) in [7, 11) is 0. The molecule has 2 aromatic rings. The third kappa shape index (κ3) is 2.59. The number of nitrogens with zero attached hydrogens (tertiary/aromatic N) is 2. The summed E-state index contributed by atoms with van der Waals surface area (Å²) < 4.78 is 0. The van der Waals surface area contributed by atoms with Gasteiger partial charge in [0.15, 0.2) is 0 Å². The fourth-order valence-corrected chi connectivity index (χ4v) is 2.96. The van der Waals surface area contributed by atoms with Crippen molar-refractivity contribution in [3.8, 4) is 0 Å². The van der Waals surface area contributed by atoms with Crippen LogP contribution in [0.4, 0.5) is 0 Å². The first-order chi connectivity index (χ1) is 10.2. The largest absolute Gasteiger partial charge is 0.481 e. The average molecular weight is 284 g/mol. The predicted octanol–water partition coefficient (Wildman–Crippen LogP) is 2.31. The number of carboxylic acids is 1. The molecule has 1 unspecified atom stereocenters. The van der Waals surface area contributed by atoms with Crippen LogP contribution in [0.3, 0.4) is 0 Å². The second kappa shape index (κ2) is 5.52. The quantitative estimate of drug-likeness (QED) is 0.939. The van der Waals surface area contributed by atoms with Crippen LogP contribution < -0.4 is 0 Å². The molecule has 2 heterocycles. The minimum absolute atomic E-state index is 0.00869. The van der Waals surface area contributed by atoms with Gasteiger partial charge in [-0.2, -0.15) is 0 Å². The number of amides is 1. The first-order valence-electron chi connectivity index (χ1n) is 7.03. The van der Waals surface area contributed by atoms with Gasteiger partial charge in [-0.3, -0.25) is 14.6 Å². The number of rotatable bonds is 3. The highest BCUT2D eigenvalue weighted by molar-refractivity contribution is 6.06. The van der Waals surface area contributed by atoms with E-state index in [1.54, 1.807) is 23.2 Å². The summed E-state index contributed by atoms with van der Waals surface area (Å²) in [6, 6.07) is 8.93. The van der Waals surface area contributed by atoms with E-state index in [-0.39, 0.29) is 18.4 Å². The number of pyridine rings is 1. The molecule has 3 rings (SSSR count). The second-order valence-corrected chi connectivity index (χ2v) is 5.27. The number of fused-ring (bicyclic) bond motifs is 1. The van der Waals surface area contributed by atoms with Crippen molar-refractivity contribution in [2.24, 2.45) is 0 Å². The summed E-state index contributed by atoms with van der Waals surface area (Å²) >= 11 is 0. The molecule has 1 aromatic carbocycles. The second-order valence-electron chi connectivity index (χ2n) is 5.27. The Morgan fingerprint density at radius 3 is 2.95 bits per heavy atom. The molecule has 0 radical (unpaired) electrons. The fourth-order valence-electron chi connectivity index (χ4n) is 2.96. The van der Waals surface area contributed by atoms with E-state index in [0.717, 1.165) is 23.7 Å². The normalized spacial score (nSPS) is 18.1. The summed E-state index contributed by atoms with van der Waals surface area (Å²) in [5, 5.41) is 9.78. The Bertz CT molecular complexity index is 693. The number of carbonyl (C=O) groups is 2. The SMILES string of the molecule is O=C(O)CC1CCCN1C(=O)c1cccc2ncccc12. The van der Waals surface area contributed by atoms with Crippen LogP contribution in [0.1, 0.15) is 29.6 Å². The van der Waals surface area contributed by atoms with E-state index in [0.29, 0.717) is 12.1 Å². The highest BCUT2D eigenvalue weighted by Gasteiger charge is 2.31. The first kappa shape index (κ1) is 13.5. The van der Waals surface area contributed by atoms with E-state index < -0.39 is 5.97 Å². The predicted molar refractivity (Wildman–Crippen MR) is 78.1 cm³/mol. The van der Waals surface area contributed by atoms with Crippen molar-refractivity contribution in [1.82, 2.24) is 9.88 Å². The van der Waals surface area contributed by atoms with Gasteiger partial charge in [0.05, 0.1) is 11.9 Å². The van der Waals surface area contributed by atoms with Crippen LogP contribution in [-0.2, 0) is 4.79 Å². The van der Waals surface area contributed by atoms with Crippen LogP contribution in [0, 0.1) is 0 Å². The van der Waals surface area contributed by atoms with Crippen molar-refractivity contribution < 1.29 is 14.7 Å². The molecule has 5 nitrogen and oxygen atoms in total. The zero-order valence-corrected chi connectivity index (χ0v) is 11.5. The van der Waals surface area contributed by atoms with Crippen molar-refractivity contribution >= 4 is 22.8 Å². The average Bonchev–Trinajstić information content (AvgIpc) is 2.93.